The Labute approximate surface area is 527 Å². The second-order valence-electron chi connectivity index (χ2n) is 25.6. The van der Waals surface area contributed by atoms with Crippen molar-refractivity contribution >= 4 is 27.5 Å². The van der Waals surface area contributed by atoms with E-state index in [4.69, 9.17) is 30.5 Å². The van der Waals surface area contributed by atoms with Crippen LogP contribution in [0.2, 0.25) is 5.02 Å². The summed E-state index contributed by atoms with van der Waals surface area (Å²) in [5, 5.41) is 0.731. The van der Waals surface area contributed by atoms with E-state index in [-0.39, 0.29) is 0 Å². The van der Waals surface area contributed by atoms with E-state index in [1.807, 2.05) is 12.1 Å². The highest BCUT2D eigenvalue weighted by Crippen LogP contribution is 2.57. The topological polar surface area (TPSA) is 36.9 Å². The normalized spacial score (nSPS) is 14.4. The van der Waals surface area contributed by atoms with E-state index in [9.17, 15) is 0 Å². The predicted octanol–water partition coefficient (Wildman–Crippen LogP) is 26.3. The van der Waals surface area contributed by atoms with Crippen molar-refractivity contribution in [1.82, 2.24) is 0 Å². The number of benzene rings is 3. The van der Waals surface area contributed by atoms with Crippen LogP contribution in [-0.2, 0) is 18.5 Å². The Morgan fingerprint density at radius 3 is 1.08 bits per heavy atom. The van der Waals surface area contributed by atoms with Crippen LogP contribution in [-0.4, -0.2) is 38.3 Å². The maximum atomic E-state index is 7.14. The van der Waals surface area contributed by atoms with E-state index < -0.39 is 16.2 Å². The van der Waals surface area contributed by atoms with Gasteiger partial charge in [-0.25, -0.2) is 0 Å². The molecule has 2 atom stereocenters. The summed E-state index contributed by atoms with van der Waals surface area (Å²) < 4.78 is 27.5. The zero-order valence-electron chi connectivity index (χ0n) is 54.6. The Balaban J connectivity index is 1.35. The Kier molecular flexibility index (Phi) is 43.5. The fourth-order valence-electron chi connectivity index (χ4n) is 12.8. The van der Waals surface area contributed by atoms with Crippen LogP contribution in [0.3, 0.4) is 0 Å². The highest BCUT2D eigenvalue weighted by Gasteiger charge is 2.44. The van der Waals surface area contributed by atoms with E-state index in [1.54, 1.807) is 0 Å². The van der Waals surface area contributed by atoms with Gasteiger partial charge in [0, 0.05) is 11.6 Å². The van der Waals surface area contributed by atoms with Crippen molar-refractivity contribution in [1.29, 1.82) is 0 Å². The van der Waals surface area contributed by atoms with E-state index in [0.717, 1.165) is 35.6 Å². The molecule has 0 aliphatic heterocycles. The molecular weight excluding hydrogens is 1100 g/mol. The molecule has 4 rings (SSSR count). The summed E-state index contributed by atoms with van der Waals surface area (Å²) in [5.41, 5.74) is 5.97. The van der Waals surface area contributed by atoms with Gasteiger partial charge in [-0.2, -0.15) is 0 Å². The van der Waals surface area contributed by atoms with Crippen molar-refractivity contribution in [3.8, 4) is 16.9 Å². The molecule has 0 fully saturated rings. The van der Waals surface area contributed by atoms with Crippen LogP contribution >= 0.6 is 27.5 Å². The number of hydrogen-bond donors (Lipinski definition) is 0. The van der Waals surface area contributed by atoms with Crippen molar-refractivity contribution in [3.63, 3.8) is 0 Å². The lowest BCUT2D eigenvalue weighted by molar-refractivity contribution is -0.295. The molecule has 1 aliphatic carbocycles. The molecule has 3 aromatic carbocycles. The molecule has 3 aromatic rings. The molecule has 4 nitrogen and oxygen atoms in total. The van der Waals surface area contributed by atoms with Gasteiger partial charge in [0.1, 0.15) is 16.7 Å². The molecule has 474 valence electrons. The smallest absolute Gasteiger partial charge is 0.229 e. The maximum absolute atomic E-state index is 7.14. The Bertz CT molecular complexity index is 1910. The zero-order chi connectivity index (χ0) is 59.0. The Morgan fingerprint density at radius 1 is 0.386 bits per heavy atom. The largest absolute Gasteiger partial charge is 0.485 e. The summed E-state index contributed by atoms with van der Waals surface area (Å²) in [6.07, 6.45) is 64.6. The third-order valence-corrected chi connectivity index (χ3v) is 19.8. The average Bonchev–Trinajstić information content (AvgIpc) is 2.32. The molecule has 0 bridgehead atoms. The van der Waals surface area contributed by atoms with E-state index in [0.29, 0.717) is 26.4 Å². The molecule has 0 radical (unpaired) electrons. The fourth-order valence-corrected chi connectivity index (χ4v) is 13.9. The molecule has 6 heteroatoms. The minimum atomic E-state index is -1.04. The van der Waals surface area contributed by atoms with Crippen molar-refractivity contribution in [2.75, 3.05) is 26.4 Å². The lowest BCUT2D eigenvalue weighted by atomic mass is 9.89. The molecule has 0 spiro atoms. The first-order valence-electron chi connectivity index (χ1n) is 36.1. The summed E-state index contributed by atoms with van der Waals surface area (Å²) in [6.45, 7) is 11.4. The molecule has 0 aromatic heterocycles. The number of halogens is 2. The monoisotopic (exact) mass is 1230 g/mol. The van der Waals surface area contributed by atoms with Crippen LogP contribution in [0.25, 0.3) is 11.1 Å². The summed E-state index contributed by atoms with van der Waals surface area (Å²) >= 11 is 10.8. The van der Waals surface area contributed by atoms with Crippen LogP contribution in [0.4, 0.5) is 0 Å². The van der Waals surface area contributed by atoms with Crippen molar-refractivity contribution in [3.05, 3.63) is 88.4 Å². The average molecular weight is 1230 g/mol. The van der Waals surface area contributed by atoms with Gasteiger partial charge in [0.05, 0.1) is 13.2 Å². The van der Waals surface area contributed by atoms with Gasteiger partial charge in [-0.05, 0) is 78.3 Å². The second-order valence-corrected chi connectivity index (χ2v) is 27.3. The first-order valence-corrected chi connectivity index (χ1v) is 37.3. The summed E-state index contributed by atoms with van der Waals surface area (Å²) in [4.78, 5) is 0. The number of fused-ring (bicyclic) bond motifs is 3. The molecule has 0 saturated heterocycles. The molecule has 0 N–H and O–H groups in total. The predicted molar refractivity (Wildman–Crippen MR) is 366 cm³/mol. The minimum Gasteiger partial charge on any atom is -0.485 e. The number of unbranched alkanes of at least 4 members (excludes halogenated alkanes) is 45. The fraction of sp³-hybridized carbons (Fsp3) is 0.766. The number of ether oxygens (including phenoxy) is 4. The van der Waals surface area contributed by atoms with E-state index >= 15 is 0 Å². The molecular formula is C77H128BrClO4. The SMILES string of the molecule is CCCCCCCCCCCCCCCCCCOCC(OCCCCCCCCCCCCCCCCCC)(OCCCCCCCCCCCCCCCCCC)C(C)Oc1ccc2c(c1)C(Br)(c1ccc(Cl)cc1)c1ccccc1-2. The lowest BCUT2D eigenvalue weighted by Gasteiger charge is -2.38. The van der Waals surface area contributed by atoms with Crippen LogP contribution in [0, 0.1) is 0 Å². The molecule has 0 saturated carbocycles. The molecule has 2 unspecified atom stereocenters. The van der Waals surface area contributed by atoms with E-state index in [1.165, 1.54) is 311 Å². The number of rotatable bonds is 59. The molecule has 0 heterocycles. The Morgan fingerprint density at radius 2 is 0.711 bits per heavy atom. The molecule has 1 aliphatic rings. The van der Waals surface area contributed by atoms with Crippen LogP contribution in [0.1, 0.15) is 353 Å². The van der Waals surface area contributed by atoms with Crippen LogP contribution in [0.5, 0.6) is 5.75 Å². The van der Waals surface area contributed by atoms with E-state index in [2.05, 4.69) is 98.2 Å². The molecule has 83 heavy (non-hydrogen) atoms. The van der Waals surface area contributed by atoms with Gasteiger partial charge in [0.2, 0.25) is 5.79 Å². The quantitative estimate of drug-likeness (QED) is 0.0321. The Hall–Kier alpha value is -1.89. The first-order chi connectivity index (χ1) is 40.9. The lowest BCUT2D eigenvalue weighted by Crippen LogP contribution is -2.53. The number of alkyl halides is 1. The van der Waals surface area contributed by atoms with Crippen molar-refractivity contribution in [2.45, 2.75) is 352 Å². The molecule has 0 amide bonds. The van der Waals surface area contributed by atoms with Crippen molar-refractivity contribution in [2.24, 2.45) is 0 Å². The van der Waals surface area contributed by atoms with Gasteiger partial charge >= 0.3 is 0 Å². The highest BCUT2D eigenvalue weighted by molar-refractivity contribution is 9.10. The second kappa shape index (κ2) is 49.0. The number of hydrogen-bond acceptors (Lipinski definition) is 4. The van der Waals surface area contributed by atoms with Crippen LogP contribution < -0.4 is 4.74 Å². The summed E-state index contributed by atoms with van der Waals surface area (Å²) in [7, 11) is 0. The summed E-state index contributed by atoms with van der Waals surface area (Å²) in [5.74, 6) is -0.231. The van der Waals surface area contributed by atoms with Crippen LogP contribution in [0.15, 0.2) is 66.7 Å². The van der Waals surface area contributed by atoms with Gasteiger partial charge in [-0.15, -0.1) is 0 Å². The standard InChI is InChI=1S/C77H128BrClO4/c1-5-8-11-14-17-20-23-26-29-32-35-38-41-44-47-52-63-80-67-76(81-64-53-48-45-42-39-36-33-30-27-24-21-18-15-12-9-6-2,82-65-54-49-46-43-40-37-34-31-28-25-22-19-16-13-10-7-3)68(4)83-71-61-62-73-72-55-50-51-56-74(72)77(78,75(73)66-71)69-57-59-70(79)60-58-69/h50-51,55-62,66,68H,5-49,52-54,63-65,67H2,1-4H3. The first kappa shape index (κ1) is 73.6. The maximum Gasteiger partial charge on any atom is 0.229 e. The van der Waals surface area contributed by atoms with Gasteiger partial charge in [-0.3, -0.25) is 0 Å². The minimum absolute atomic E-state index is 0.355. The van der Waals surface area contributed by atoms with Crippen molar-refractivity contribution < 1.29 is 18.9 Å². The third-order valence-electron chi connectivity index (χ3n) is 18.3. The van der Waals surface area contributed by atoms with Gasteiger partial charge in [0.15, 0.2) is 6.10 Å². The van der Waals surface area contributed by atoms with Gasteiger partial charge < -0.3 is 18.9 Å². The zero-order valence-corrected chi connectivity index (χ0v) is 56.9. The van der Waals surface area contributed by atoms with Gasteiger partial charge in [-0.1, -0.05) is 380 Å². The summed E-state index contributed by atoms with van der Waals surface area (Å²) in [6, 6.07) is 23.6. The van der Waals surface area contributed by atoms with Gasteiger partial charge in [0.25, 0.3) is 0 Å². The highest BCUT2D eigenvalue weighted by atomic mass is 79.9. The third kappa shape index (κ3) is 31.2.